The average Bonchev–Trinajstić information content (AvgIpc) is 3.29. The summed E-state index contributed by atoms with van der Waals surface area (Å²) in [6.07, 6.45) is 0. The topological polar surface area (TPSA) is 65.1 Å². The Hall–Kier alpha value is -3.32. The third-order valence-electron chi connectivity index (χ3n) is 4.60. The van der Waals surface area contributed by atoms with Crippen LogP contribution in [-0.2, 0) is 0 Å². The van der Waals surface area contributed by atoms with Crippen molar-refractivity contribution in [1.29, 1.82) is 0 Å². The van der Waals surface area contributed by atoms with Gasteiger partial charge in [-0.3, -0.25) is 9.59 Å². The maximum Gasteiger partial charge on any atom is 0.268 e. The highest BCUT2D eigenvalue weighted by molar-refractivity contribution is 7.16. The first-order valence-corrected chi connectivity index (χ1v) is 10.2. The SMILES string of the molecule is CCN(C(=O)c1ccc(C(=O)c2ccccc2)s1)c1cc(OC)c(OC)c(OC)c1. The number of thiophene rings is 1. The van der Waals surface area contributed by atoms with Crippen molar-refractivity contribution >= 4 is 28.7 Å². The van der Waals surface area contributed by atoms with Gasteiger partial charge >= 0.3 is 0 Å². The van der Waals surface area contributed by atoms with Gasteiger partial charge in [-0.2, -0.15) is 0 Å². The van der Waals surface area contributed by atoms with Crippen molar-refractivity contribution in [2.75, 3.05) is 32.8 Å². The summed E-state index contributed by atoms with van der Waals surface area (Å²) in [5.41, 5.74) is 1.21. The number of hydrogen-bond acceptors (Lipinski definition) is 6. The van der Waals surface area contributed by atoms with E-state index in [4.69, 9.17) is 14.2 Å². The van der Waals surface area contributed by atoms with Gasteiger partial charge in [-0.05, 0) is 19.1 Å². The second kappa shape index (κ2) is 9.45. The largest absolute Gasteiger partial charge is 0.493 e. The molecule has 0 unspecified atom stereocenters. The van der Waals surface area contributed by atoms with Gasteiger partial charge in [0.15, 0.2) is 11.5 Å². The molecule has 0 spiro atoms. The molecule has 1 aromatic heterocycles. The fraction of sp³-hybridized carbons (Fsp3) is 0.217. The lowest BCUT2D eigenvalue weighted by Gasteiger charge is -2.23. The molecule has 0 saturated heterocycles. The molecule has 0 aliphatic heterocycles. The van der Waals surface area contributed by atoms with Gasteiger partial charge in [-0.25, -0.2) is 0 Å². The Morgan fingerprint density at radius 2 is 1.47 bits per heavy atom. The van der Waals surface area contributed by atoms with Crippen LogP contribution in [0.2, 0.25) is 0 Å². The number of nitrogens with zero attached hydrogens (tertiary/aromatic N) is 1. The van der Waals surface area contributed by atoms with Gasteiger partial charge in [0, 0.05) is 24.2 Å². The van der Waals surface area contributed by atoms with E-state index in [-0.39, 0.29) is 11.7 Å². The van der Waals surface area contributed by atoms with E-state index in [1.807, 2.05) is 25.1 Å². The summed E-state index contributed by atoms with van der Waals surface area (Å²) in [6.45, 7) is 2.31. The number of anilines is 1. The molecule has 1 amide bonds. The Morgan fingerprint density at radius 1 is 0.867 bits per heavy atom. The Balaban J connectivity index is 1.92. The molecule has 0 radical (unpaired) electrons. The molecule has 1 heterocycles. The summed E-state index contributed by atoms with van der Waals surface area (Å²) < 4.78 is 16.2. The van der Waals surface area contributed by atoms with Gasteiger partial charge in [-0.15, -0.1) is 11.3 Å². The second-order valence-electron chi connectivity index (χ2n) is 6.29. The Labute approximate surface area is 179 Å². The summed E-state index contributed by atoms with van der Waals surface area (Å²) in [7, 11) is 4.58. The molecule has 30 heavy (non-hydrogen) atoms. The number of benzene rings is 2. The number of ether oxygens (including phenoxy) is 3. The van der Waals surface area contributed by atoms with E-state index >= 15 is 0 Å². The van der Waals surface area contributed by atoms with Crippen LogP contribution in [0.1, 0.15) is 31.8 Å². The fourth-order valence-corrected chi connectivity index (χ4v) is 4.02. The van der Waals surface area contributed by atoms with Gasteiger partial charge < -0.3 is 19.1 Å². The quantitative estimate of drug-likeness (QED) is 0.491. The Morgan fingerprint density at radius 3 is 2.00 bits per heavy atom. The molecule has 0 N–H and O–H groups in total. The standard InChI is InChI=1S/C23H23NO5S/c1-5-24(16-13-17(27-2)22(29-4)18(14-16)28-3)23(26)20-12-11-19(30-20)21(25)15-9-7-6-8-10-15/h6-14H,5H2,1-4H3. The number of carbonyl (C=O) groups excluding carboxylic acids is 2. The number of rotatable bonds is 8. The molecular weight excluding hydrogens is 402 g/mol. The number of carbonyl (C=O) groups is 2. The molecule has 156 valence electrons. The van der Waals surface area contributed by atoms with Crippen molar-refractivity contribution < 1.29 is 23.8 Å². The number of ketones is 1. The zero-order chi connectivity index (χ0) is 21.7. The van der Waals surface area contributed by atoms with Gasteiger partial charge in [-0.1, -0.05) is 30.3 Å². The molecule has 0 saturated carbocycles. The third kappa shape index (κ3) is 4.16. The minimum atomic E-state index is -0.205. The highest BCUT2D eigenvalue weighted by Crippen LogP contribution is 2.41. The lowest BCUT2D eigenvalue weighted by Crippen LogP contribution is -2.30. The summed E-state index contributed by atoms with van der Waals surface area (Å²) >= 11 is 1.18. The molecule has 7 heteroatoms. The fourth-order valence-electron chi connectivity index (χ4n) is 3.11. The van der Waals surface area contributed by atoms with Crippen LogP contribution in [0.4, 0.5) is 5.69 Å². The zero-order valence-corrected chi connectivity index (χ0v) is 18.1. The summed E-state index contributed by atoms with van der Waals surface area (Å²) in [6, 6.07) is 15.8. The lowest BCUT2D eigenvalue weighted by atomic mass is 10.1. The van der Waals surface area contributed by atoms with E-state index in [1.165, 1.54) is 32.7 Å². The first-order valence-electron chi connectivity index (χ1n) is 9.35. The Kier molecular flexibility index (Phi) is 6.74. The van der Waals surface area contributed by atoms with Gasteiger partial charge in [0.25, 0.3) is 5.91 Å². The second-order valence-corrected chi connectivity index (χ2v) is 7.38. The van der Waals surface area contributed by atoms with E-state index < -0.39 is 0 Å². The summed E-state index contributed by atoms with van der Waals surface area (Å²) in [5, 5.41) is 0. The Bertz CT molecular complexity index is 1020. The molecule has 0 fully saturated rings. The van der Waals surface area contributed by atoms with E-state index in [2.05, 4.69) is 0 Å². The molecule has 3 rings (SSSR count). The predicted octanol–water partition coefficient (Wildman–Crippen LogP) is 4.67. The first-order chi connectivity index (χ1) is 14.5. The smallest absolute Gasteiger partial charge is 0.268 e. The minimum Gasteiger partial charge on any atom is -0.493 e. The summed E-state index contributed by atoms with van der Waals surface area (Å²) in [4.78, 5) is 28.5. The predicted molar refractivity (Wildman–Crippen MR) is 118 cm³/mol. The number of methoxy groups -OCH3 is 3. The van der Waals surface area contributed by atoms with Gasteiger partial charge in [0.05, 0.1) is 36.8 Å². The maximum absolute atomic E-state index is 13.2. The third-order valence-corrected chi connectivity index (χ3v) is 5.67. The van der Waals surface area contributed by atoms with Crippen molar-refractivity contribution in [2.45, 2.75) is 6.92 Å². The molecular formula is C23H23NO5S. The van der Waals surface area contributed by atoms with Crippen LogP contribution >= 0.6 is 11.3 Å². The van der Waals surface area contributed by atoms with Crippen molar-refractivity contribution in [3.05, 3.63) is 69.9 Å². The van der Waals surface area contributed by atoms with Crippen molar-refractivity contribution in [3.8, 4) is 17.2 Å². The number of amides is 1. The molecule has 0 bridgehead atoms. The number of hydrogen-bond donors (Lipinski definition) is 0. The lowest BCUT2D eigenvalue weighted by molar-refractivity contribution is 0.0991. The minimum absolute atomic E-state index is 0.101. The van der Waals surface area contributed by atoms with E-state index in [9.17, 15) is 9.59 Å². The van der Waals surface area contributed by atoms with Crippen LogP contribution in [0, 0.1) is 0 Å². The van der Waals surface area contributed by atoms with E-state index in [1.54, 1.807) is 41.3 Å². The highest BCUT2D eigenvalue weighted by Gasteiger charge is 2.23. The highest BCUT2D eigenvalue weighted by atomic mass is 32.1. The van der Waals surface area contributed by atoms with Gasteiger partial charge in [0.2, 0.25) is 11.5 Å². The van der Waals surface area contributed by atoms with E-state index in [0.717, 1.165) is 0 Å². The van der Waals surface area contributed by atoms with Crippen LogP contribution in [0.15, 0.2) is 54.6 Å². The van der Waals surface area contributed by atoms with Crippen LogP contribution in [0.3, 0.4) is 0 Å². The molecule has 3 aromatic rings. The van der Waals surface area contributed by atoms with Crippen LogP contribution < -0.4 is 19.1 Å². The summed E-state index contributed by atoms with van der Waals surface area (Å²) in [5.74, 6) is 1.08. The van der Waals surface area contributed by atoms with Crippen molar-refractivity contribution in [3.63, 3.8) is 0 Å². The molecule has 0 aliphatic rings. The maximum atomic E-state index is 13.2. The van der Waals surface area contributed by atoms with Crippen LogP contribution in [-0.4, -0.2) is 39.6 Å². The molecule has 6 nitrogen and oxygen atoms in total. The normalized spacial score (nSPS) is 10.4. The van der Waals surface area contributed by atoms with Crippen LogP contribution in [0.25, 0.3) is 0 Å². The monoisotopic (exact) mass is 425 g/mol. The first kappa shape index (κ1) is 21.4. The zero-order valence-electron chi connectivity index (χ0n) is 17.3. The van der Waals surface area contributed by atoms with Crippen molar-refractivity contribution in [1.82, 2.24) is 0 Å². The van der Waals surface area contributed by atoms with Crippen LogP contribution in [0.5, 0.6) is 17.2 Å². The molecule has 2 aromatic carbocycles. The van der Waals surface area contributed by atoms with Gasteiger partial charge in [0.1, 0.15) is 0 Å². The average molecular weight is 426 g/mol. The van der Waals surface area contributed by atoms with Crippen molar-refractivity contribution in [2.24, 2.45) is 0 Å². The molecule has 0 atom stereocenters. The molecule has 0 aliphatic carbocycles. The van der Waals surface area contributed by atoms with E-state index in [0.29, 0.717) is 44.8 Å².